The lowest BCUT2D eigenvalue weighted by Gasteiger charge is -2.35. The number of carbonyl (C=O) groups excluding carboxylic acids is 2. The van der Waals surface area contributed by atoms with E-state index in [-0.39, 0.29) is 42.5 Å². The molecule has 0 spiro atoms. The van der Waals surface area contributed by atoms with Gasteiger partial charge in [-0.05, 0) is 43.5 Å². The van der Waals surface area contributed by atoms with Gasteiger partial charge in [-0.15, -0.1) is 0 Å². The molecule has 2 aliphatic heterocycles. The van der Waals surface area contributed by atoms with Gasteiger partial charge in [0.05, 0.1) is 11.8 Å². The van der Waals surface area contributed by atoms with Crippen LogP contribution in [0.2, 0.25) is 0 Å². The largest absolute Gasteiger partial charge is 0.391 e. The number of rotatable bonds is 9. The number of aromatic nitrogens is 2. The Kier molecular flexibility index (Phi) is 9.33. The normalized spacial score (nSPS) is 20.5. The number of anilines is 1. The molecule has 0 saturated carbocycles. The number of nitrogens with zero attached hydrogens (tertiary/aromatic N) is 5. The van der Waals surface area contributed by atoms with E-state index in [1.807, 2.05) is 44.6 Å². The van der Waals surface area contributed by atoms with Crippen LogP contribution < -0.4 is 10.2 Å². The second kappa shape index (κ2) is 12.5. The number of likely N-dealkylation sites (N-methyl/N-ethyl adjacent to an activating group) is 1. The zero-order valence-corrected chi connectivity index (χ0v) is 24.4. The molecule has 2 N–H and O–H groups in total. The Labute approximate surface area is 233 Å². The van der Waals surface area contributed by atoms with Crippen LogP contribution in [-0.4, -0.2) is 88.4 Å². The van der Waals surface area contributed by atoms with E-state index in [9.17, 15) is 14.7 Å². The maximum atomic E-state index is 13.5. The molecule has 1 aromatic carbocycles. The fourth-order valence-electron chi connectivity index (χ4n) is 6.18. The van der Waals surface area contributed by atoms with Crippen molar-refractivity contribution in [3.8, 4) is 11.3 Å². The highest BCUT2D eigenvalue weighted by molar-refractivity contribution is 5.89. The number of hydrogen-bond donors (Lipinski definition) is 2. The van der Waals surface area contributed by atoms with E-state index in [0.29, 0.717) is 6.54 Å². The van der Waals surface area contributed by atoms with Crippen LogP contribution in [0.1, 0.15) is 46.6 Å². The number of aliphatic hydroxyl groups is 1. The Morgan fingerprint density at radius 1 is 1.08 bits per heavy atom. The Morgan fingerprint density at radius 2 is 1.77 bits per heavy atom. The Morgan fingerprint density at radius 3 is 2.41 bits per heavy atom. The topological polar surface area (TPSA) is 93.9 Å². The third kappa shape index (κ3) is 6.47. The van der Waals surface area contributed by atoms with Gasteiger partial charge in [-0.1, -0.05) is 39.8 Å². The maximum Gasteiger partial charge on any atom is 0.243 e. The molecule has 39 heavy (non-hydrogen) atoms. The predicted octanol–water partition coefficient (Wildman–Crippen LogP) is 2.83. The third-order valence-corrected chi connectivity index (χ3v) is 8.28. The number of nitrogens with one attached hydrogen (secondary N) is 1. The molecule has 2 saturated heterocycles. The first-order valence-corrected chi connectivity index (χ1v) is 14.5. The summed E-state index contributed by atoms with van der Waals surface area (Å²) in [6, 6.07) is 7.77. The van der Waals surface area contributed by atoms with Gasteiger partial charge < -0.3 is 25.1 Å². The minimum Gasteiger partial charge on any atom is -0.391 e. The van der Waals surface area contributed by atoms with Crippen LogP contribution in [-0.2, 0) is 22.7 Å². The van der Waals surface area contributed by atoms with Gasteiger partial charge in [0, 0.05) is 75.6 Å². The smallest absolute Gasteiger partial charge is 0.243 e. The summed E-state index contributed by atoms with van der Waals surface area (Å²) in [5.41, 5.74) is 4.33. The molecule has 2 atom stereocenters. The van der Waals surface area contributed by atoms with Gasteiger partial charge in [0.1, 0.15) is 6.04 Å². The number of benzene rings is 1. The summed E-state index contributed by atoms with van der Waals surface area (Å²) < 4.78 is 1.99. The fourth-order valence-corrected chi connectivity index (χ4v) is 6.18. The Hall–Kier alpha value is -2.91. The van der Waals surface area contributed by atoms with Crippen molar-refractivity contribution in [2.24, 2.45) is 17.8 Å². The number of β-amino-alcohol motifs (C(OH)–C–C–N with tert-alkyl or cyclic N) is 1. The molecular weight excluding hydrogens is 492 g/mol. The second-order valence-electron chi connectivity index (χ2n) is 11.8. The molecule has 2 aliphatic rings. The number of carbonyl (C=O) groups is 2. The summed E-state index contributed by atoms with van der Waals surface area (Å²) in [6.45, 7) is 15.4. The first kappa shape index (κ1) is 29.1. The monoisotopic (exact) mass is 538 g/mol. The van der Waals surface area contributed by atoms with Crippen molar-refractivity contribution in [2.45, 2.75) is 66.3 Å². The Bertz CT molecular complexity index is 1130. The molecule has 4 rings (SSSR count). The zero-order valence-electron chi connectivity index (χ0n) is 24.4. The lowest BCUT2D eigenvalue weighted by molar-refractivity contribution is -0.144. The van der Waals surface area contributed by atoms with Gasteiger partial charge >= 0.3 is 0 Å². The minimum atomic E-state index is -0.687. The average Bonchev–Trinajstić information content (AvgIpc) is 3.54. The molecule has 1 aromatic heterocycles. The third-order valence-electron chi connectivity index (χ3n) is 8.28. The summed E-state index contributed by atoms with van der Waals surface area (Å²) in [5, 5.41) is 18.0. The van der Waals surface area contributed by atoms with E-state index in [4.69, 9.17) is 0 Å². The van der Waals surface area contributed by atoms with Crippen LogP contribution in [0.4, 0.5) is 5.69 Å². The Balaban J connectivity index is 1.54. The minimum absolute atomic E-state index is 0.0354. The van der Waals surface area contributed by atoms with Crippen molar-refractivity contribution >= 4 is 17.5 Å². The molecule has 214 valence electrons. The summed E-state index contributed by atoms with van der Waals surface area (Å²) in [6.07, 6.45) is 1.41. The highest BCUT2D eigenvalue weighted by atomic mass is 16.3. The van der Waals surface area contributed by atoms with E-state index in [0.717, 1.165) is 55.2 Å². The molecule has 0 bridgehead atoms. The highest BCUT2D eigenvalue weighted by Crippen LogP contribution is 2.31. The van der Waals surface area contributed by atoms with Crippen LogP contribution in [0.25, 0.3) is 11.3 Å². The van der Waals surface area contributed by atoms with Crippen molar-refractivity contribution in [3.05, 3.63) is 36.0 Å². The second-order valence-corrected chi connectivity index (χ2v) is 11.8. The summed E-state index contributed by atoms with van der Waals surface area (Å²) >= 11 is 0. The molecule has 0 radical (unpaired) electrons. The van der Waals surface area contributed by atoms with Gasteiger partial charge in [0.2, 0.25) is 11.8 Å². The number of aliphatic hydroxyl groups excluding tert-OH is 1. The molecule has 0 aliphatic carbocycles. The highest BCUT2D eigenvalue weighted by Gasteiger charge is 2.42. The van der Waals surface area contributed by atoms with Crippen LogP contribution in [0.15, 0.2) is 30.5 Å². The SMILES string of the molecule is CCn1nccc1-c1ccc(CNC(=O)C2CC(O)CN2C(=O)C(C(C)C)C(C)C)c(N2CCN(C)CC2)c1. The van der Waals surface area contributed by atoms with E-state index in [2.05, 4.69) is 52.4 Å². The van der Waals surface area contributed by atoms with E-state index >= 15 is 0 Å². The summed E-state index contributed by atoms with van der Waals surface area (Å²) in [7, 11) is 2.14. The molecule has 9 nitrogen and oxygen atoms in total. The van der Waals surface area contributed by atoms with Crippen molar-refractivity contribution in [1.29, 1.82) is 0 Å². The molecule has 3 heterocycles. The van der Waals surface area contributed by atoms with Crippen LogP contribution in [0, 0.1) is 17.8 Å². The molecule has 2 unspecified atom stereocenters. The lowest BCUT2D eigenvalue weighted by atomic mass is 9.84. The van der Waals surface area contributed by atoms with Crippen molar-refractivity contribution in [1.82, 2.24) is 24.9 Å². The molecule has 2 fully saturated rings. The average molecular weight is 539 g/mol. The van der Waals surface area contributed by atoms with Gasteiger partial charge in [0.25, 0.3) is 0 Å². The van der Waals surface area contributed by atoms with Crippen molar-refractivity contribution < 1.29 is 14.7 Å². The van der Waals surface area contributed by atoms with Crippen molar-refractivity contribution in [3.63, 3.8) is 0 Å². The van der Waals surface area contributed by atoms with Gasteiger partial charge in [0.15, 0.2) is 0 Å². The molecular formula is C30H46N6O3. The summed E-state index contributed by atoms with van der Waals surface area (Å²) in [4.78, 5) is 33.3. The summed E-state index contributed by atoms with van der Waals surface area (Å²) in [5.74, 6) is -0.103. The van der Waals surface area contributed by atoms with Gasteiger partial charge in [-0.2, -0.15) is 5.10 Å². The van der Waals surface area contributed by atoms with E-state index in [1.165, 1.54) is 0 Å². The number of hydrogen-bond acceptors (Lipinski definition) is 6. The standard InChI is InChI=1S/C30H46N6O3/c1-7-36-25(10-11-32-36)22-8-9-23(26(16-22)34-14-12-33(6)13-15-34)18-31-29(38)27-17-24(37)19-35(27)30(39)28(20(2)3)21(4)5/h8-11,16,20-21,24,27-28,37H,7,12-15,17-19H2,1-6H3,(H,31,38). The lowest BCUT2D eigenvalue weighted by Crippen LogP contribution is -2.49. The number of aryl methyl sites for hydroxylation is 1. The van der Waals surface area contributed by atoms with Crippen molar-refractivity contribution in [2.75, 3.05) is 44.7 Å². The first-order chi connectivity index (χ1) is 18.6. The molecule has 2 amide bonds. The zero-order chi connectivity index (χ0) is 28.3. The number of amides is 2. The van der Waals surface area contributed by atoms with Crippen LogP contribution in [0.3, 0.4) is 0 Å². The quantitative estimate of drug-likeness (QED) is 0.510. The molecule has 9 heteroatoms. The van der Waals surface area contributed by atoms with Gasteiger partial charge in [-0.3, -0.25) is 14.3 Å². The number of piperazine rings is 1. The van der Waals surface area contributed by atoms with Gasteiger partial charge in [-0.25, -0.2) is 0 Å². The maximum absolute atomic E-state index is 13.5. The number of likely N-dealkylation sites (tertiary alicyclic amines) is 1. The van der Waals surface area contributed by atoms with Crippen LogP contribution >= 0.6 is 0 Å². The van der Waals surface area contributed by atoms with E-state index in [1.54, 1.807) is 4.90 Å². The van der Waals surface area contributed by atoms with E-state index < -0.39 is 12.1 Å². The van der Waals surface area contributed by atoms with Crippen LogP contribution in [0.5, 0.6) is 0 Å². The fraction of sp³-hybridized carbons (Fsp3) is 0.633. The first-order valence-electron chi connectivity index (χ1n) is 14.5. The predicted molar refractivity (Wildman–Crippen MR) is 154 cm³/mol. The molecule has 2 aromatic rings.